The van der Waals surface area contributed by atoms with Crippen LogP contribution in [0, 0.1) is 0 Å². The number of H-pyrrole nitrogens is 1. The Hall–Kier alpha value is -2.69. The molecule has 3 aromatic rings. The Bertz CT molecular complexity index is 1180. The highest BCUT2D eigenvalue weighted by Crippen LogP contribution is 2.27. The number of benzene rings is 1. The third-order valence-corrected chi connectivity index (χ3v) is 7.49. The SMILES string of the molecule is O=c1[nH]c2cc(S(=O)(=O)N3CC(N4CCN(c5ccccn5)CC4)C3)ccc2o1. The Morgan fingerprint density at radius 2 is 1.86 bits per heavy atom. The Morgan fingerprint density at radius 3 is 2.59 bits per heavy atom. The van der Waals surface area contributed by atoms with Crippen LogP contribution in [-0.4, -0.2) is 72.9 Å². The first-order valence-electron chi connectivity index (χ1n) is 9.54. The van der Waals surface area contributed by atoms with Gasteiger partial charge >= 0.3 is 5.76 Å². The lowest BCUT2D eigenvalue weighted by Gasteiger charge is -2.47. The van der Waals surface area contributed by atoms with Gasteiger partial charge in [0.1, 0.15) is 5.82 Å². The maximum Gasteiger partial charge on any atom is 0.417 e. The van der Waals surface area contributed by atoms with Crippen molar-refractivity contribution in [2.75, 3.05) is 44.2 Å². The zero-order valence-electron chi connectivity index (χ0n) is 15.7. The minimum atomic E-state index is -3.59. The molecule has 0 spiro atoms. The fraction of sp³-hybridized carbons (Fsp3) is 0.368. The molecule has 0 unspecified atom stereocenters. The average Bonchev–Trinajstić information content (AvgIpc) is 3.07. The number of aromatic amines is 1. The number of sulfonamides is 1. The molecule has 0 aliphatic carbocycles. The van der Waals surface area contributed by atoms with E-state index in [0.29, 0.717) is 24.2 Å². The Morgan fingerprint density at radius 1 is 1.07 bits per heavy atom. The summed E-state index contributed by atoms with van der Waals surface area (Å²) in [7, 11) is -3.59. The van der Waals surface area contributed by atoms with Crippen LogP contribution in [0.3, 0.4) is 0 Å². The number of piperazine rings is 1. The third-order valence-electron chi connectivity index (χ3n) is 5.66. The maximum atomic E-state index is 12.9. The summed E-state index contributed by atoms with van der Waals surface area (Å²) in [4.78, 5) is 23.0. The van der Waals surface area contributed by atoms with Gasteiger partial charge in [-0.25, -0.2) is 18.2 Å². The average molecular weight is 415 g/mol. The minimum absolute atomic E-state index is 0.167. The molecule has 0 radical (unpaired) electrons. The van der Waals surface area contributed by atoms with Gasteiger partial charge in [-0.05, 0) is 30.3 Å². The van der Waals surface area contributed by atoms with Crippen molar-refractivity contribution in [3.8, 4) is 0 Å². The van der Waals surface area contributed by atoms with E-state index in [9.17, 15) is 13.2 Å². The molecule has 0 bridgehead atoms. The lowest BCUT2D eigenvalue weighted by molar-refractivity contribution is 0.0827. The summed E-state index contributed by atoms with van der Waals surface area (Å²) >= 11 is 0. The van der Waals surface area contributed by atoms with Crippen molar-refractivity contribution in [3.63, 3.8) is 0 Å². The van der Waals surface area contributed by atoms with Gasteiger partial charge in [-0.1, -0.05) is 6.07 Å². The van der Waals surface area contributed by atoms with Crippen LogP contribution >= 0.6 is 0 Å². The van der Waals surface area contributed by atoms with E-state index in [4.69, 9.17) is 4.42 Å². The number of oxazole rings is 1. The monoisotopic (exact) mass is 415 g/mol. The van der Waals surface area contributed by atoms with E-state index in [1.54, 1.807) is 6.20 Å². The molecule has 0 saturated carbocycles. The first kappa shape index (κ1) is 18.3. The maximum absolute atomic E-state index is 12.9. The van der Waals surface area contributed by atoms with Crippen molar-refractivity contribution < 1.29 is 12.8 Å². The molecular weight excluding hydrogens is 394 g/mol. The van der Waals surface area contributed by atoms with Crippen molar-refractivity contribution >= 4 is 26.9 Å². The molecular formula is C19H21N5O4S. The van der Waals surface area contributed by atoms with Gasteiger partial charge in [0.15, 0.2) is 5.58 Å². The van der Waals surface area contributed by atoms with Crippen LogP contribution in [0.1, 0.15) is 0 Å². The van der Waals surface area contributed by atoms with Gasteiger partial charge in [-0.3, -0.25) is 9.88 Å². The second-order valence-corrected chi connectivity index (χ2v) is 9.30. The molecule has 29 heavy (non-hydrogen) atoms. The molecule has 152 valence electrons. The third kappa shape index (κ3) is 3.33. The van der Waals surface area contributed by atoms with Gasteiger partial charge in [-0.15, -0.1) is 0 Å². The topological polar surface area (TPSA) is 103 Å². The first-order valence-corrected chi connectivity index (χ1v) is 11.0. The van der Waals surface area contributed by atoms with Gasteiger partial charge in [-0.2, -0.15) is 4.31 Å². The van der Waals surface area contributed by atoms with E-state index < -0.39 is 15.8 Å². The van der Waals surface area contributed by atoms with Gasteiger partial charge in [0.05, 0.1) is 10.4 Å². The number of nitrogens with one attached hydrogen (secondary N) is 1. The van der Waals surface area contributed by atoms with Crippen LogP contribution < -0.4 is 10.7 Å². The minimum Gasteiger partial charge on any atom is -0.408 e. The van der Waals surface area contributed by atoms with Crippen LogP contribution in [0.2, 0.25) is 0 Å². The van der Waals surface area contributed by atoms with E-state index in [-0.39, 0.29) is 10.9 Å². The summed E-state index contributed by atoms with van der Waals surface area (Å²) in [6.45, 7) is 4.49. The van der Waals surface area contributed by atoms with E-state index in [2.05, 4.69) is 19.8 Å². The number of fused-ring (bicyclic) bond motifs is 1. The largest absolute Gasteiger partial charge is 0.417 e. The fourth-order valence-electron chi connectivity index (χ4n) is 3.94. The number of anilines is 1. The number of hydrogen-bond donors (Lipinski definition) is 1. The Labute approximate surface area is 167 Å². The number of aromatic nitrogens is 2. The molecule has 2 fully saturated rings. The number of nitrogens with zero attached hydrogens (tertiary/aromatic N) is 4. The van der Waals surface area contributed by atoms with E-state index in [1.807, 2.05) is 18.2 Å². The van der Waals surface area contributed by atoms with Crippen molar-refractivity contribution in [3.05, 3.63) is 53.1 Å². The molecule has 4 heterocycles. The summed E-state index contributed by atoms with van der Waals surface area (Å²) in [5.41, 5.74) is 0.736. The second kappa shape index (κ2) is 6.97. The molecule has 5 rings (SSSR count). The highest BCUT2D eigenvalue weighted by molar-refractivity contribution is 7.89. The van der Waals surface area contributed by atoms with E-state index >= 15 is 0 Å². The summed E-state index contributed by atoms with van der Waals surface area (Å²) in [5.74, 6) is 0.390. The van der Waals surface area contributed by atoms with E-state index in [0.717, 1.165) is 32.0 Å². The summed E-state index contributed by atoms with van der Waals surface area (Å²) in [6.07, 6.45) is 1.80. The van der Waals surface area contributed by atoms with Gasteiger partial charge in [0.25, 0.3) is 0 Å². The predicted octanol–water partition coefficient (Wildman–Crippen LogP) is 0.711. The highest BCUT2D eigenvalue weighted by Gasteiger charge is 2.40. The number of pyridine rings is 1. The van der Waals surface area contributed by atoms with Crippen molar-refractivity contribution in [1.82, 2.24) is 19.2 Å². The highest BCUT2D eigenvalue weighted by atomic mass is 32.2. The van der Waals surface area contributed by atoms with Crippen LogP contribution in [0.15, 0.2) is 56.7 Å². The second-order valence-electron chi connectivity index (χ2n) is 7.36. The number of rotatable bonds is 4. The standard InChI is InChI=1S/C19H21N5O4S/c25-19-21-16-11-15(4-5-17(16)28-19)29(26,27)24-12-14(13-24)22-7-9-23(10-8-22)18-3-1-2-6-20-18/h1-6,11,14H,7-10,12-13H2,(H,21,25). The molecule has 0 amide bonds. The predicted molar refractivity (Wildman–Crippen MR) is 107 cm³/mol. The van der Waals surface area contributed by atoms with Crippen LogP contribution in [0.5, 0.6) is 0 Å². The van der Waals surface area contributed by atoms with Crippen LogP contribution in [0.25, 0.3) is 11.1 Å². The van der Waals surface area contributed by atoms with E-state index in [1.165, 1.54) is 22.5 Å². The molecule has 1 aromatic carbocycles. The zero-order valence-corrected chi connectivity index (χ0v) is 16.5. The molecule has 0 atom stereocenters. The number of hydrogen-bond acceptors (Lipinski definition) is 7. The summed E-state index contributed by atoms with van der Waals surface area (Å²) in [5, 5.41) is 0. The van der Waals surface area contributed by atoms with Gasteiger partial charge in [0, 0.05) is 51.5 Å². The Kier molecular flexibility index (Phi) is 4.41. The Balaban J connectivity index is 1.21. The van der Waals surface area contributed by atoms with Crippen LogP contribution in [0.4, 0.5) is 5.82 Å². The molecule has 2 aliphatic heterocycles. The van der Waals surface area contributed by atoms with Gasteiger partial charge in [0.2, 0.25) is 10.0 Å². The van der Waals surface area contributed by atoms with Crippen LogP contribution in [-0.2, 0) is 10.0 Å². The molecule has 9 nitrogen and oxygen atoms in total. The van der Waals surface area contributed by atoms with Crippen molar-refractivity contribution in [2.24, 2.45) is 0 Å². The van der Waals surface area contributed by atoms with Crippen molar-refractivity contribution in [1.29, 1.82) is 0 Å². The molecule has 2 aliphatic rings. The summed E-state index contributed by atoms with van der Waals surface area (Å²) in [6, 6.07) is 10.6. The fourth-order valence-corrected chi connectivity index (χ4v) is 5.48. The quantitative estimate of drug-likeness (QED) is 0.669. The van der Waals surface area contributed by atoms with Crippen molar-refractivity contribution in [2.45, 2.75) is 10.9 Å². The molecule has 1 N–H and O–H groups in total. The molecule has 2 saturated heterocycles. The molecule has 2 aromatic heterocycles. The molecule has 10 heteroatoms. The zero-order chi connectivity index (χ0) is 20.0. The lowest BCUT2D eigenvalue weighted by atomic mass is 10.1. The first-order chi connectivity index (χ1) is 14.0. The summed E-state index contributed by atoms with van der Waals surface area (Å²) < 4.78 is 32.2. The smallest absolute Gasteiger partial charge is 0.408 e. The normalized spacial score (nSPS) is 19.5. The lowest BCUT2D eigenvalue weighted by Crippen LogP contribution is -2.64. The van der Waals surface area contributed by atoms with Gasteiger partial charge < -0.3 is 9.32 Å².